The molecule has 0 spiro atoms. The van der Waals surface area contributed by atoms with E-state index < -0.39 is 9.84 Å². The van der Waals surface area contributed by atoms with Crippen molar-refractivity contribution in [2.75, 3.05) is 5.75 Å². The van der Waals surface area contributed by atoms with Crippen LogP contribution in [-0.4, -0.2) is 18.7 Å². The number of nitrogens with zero attached hydrogens (tertiary/aromatic N) is 1. The third-order valence-corrected chi connectivity index (χ3v) is 5.06. The van der Waals surface area contributed by atoms with Crippen molar-refractivity contribution in [3.05, 3.63) is 30.5 Å². The van der Waals surface area contributed by atoms with E-state index in [1.165, 1.54) is 0 Å². The van der Waals surface area contributed by atoms with Crippen LogP contribution in [0.25, 0.3) is 10.9 Å². The molecule has 0 aliphatic carbocycles. The van der Waals surface area contributed by atoms with E-state index in [1.807, 2.05) is 31.2 Å². The highest BCUT2D eigenvalue weighted by molar-refractivity contribution is 7.91. The van der Waals surface area contributed by atoms with E-state index in [9.17, 15) is 8.42 Å². The number of rotatable bonds is 5. The fraction of sp³-hybridized carbons (Fsp3) is 0.467. The Morgan fingerprint density at radius 2 is 1.89 bits per heavy atom. The zero-order valence-corrected chi connectivity index (χ0v) is 12.6. The number of benzene rings is 1. The Balaban J connectivity index is 2.63. The molecule has 1 aromatic heterocycles. The zero-order chi connectivity index (χ0) is 14.0. The highest BCUT2D eigenvalue weighted by Gasteiger charge is 2.20. The standard InChI is InChI=1S/C15H21NO2S/c1-4-9-19(17,18)15-11-16(10-12(2)3)14-8-6-5-7-13(14)15/h5-8,11-12H,4,9-10H2,1-3H3. The first-order valence-corrected chi connectivity index (χ1v) is 8.41. The summed E-state index contributed by atoms with van der Waals surface area (Å²) in [5.74, 6) is 0.695. The number of hydrogen-bond donors (Lipinski definition) is 0. The minimum atomic E-state index is -3.17. The fourth-order valence-electron chi connectivity index (χ4n) is 2.38. The van der Waals surface area contributed by atoms with E-state index in [1.54, 1.807) is 6.20 Å². The van der Waals surface area contributed by atoms with E-state index in [4.69, 9.17) is 0 Å². The van der Waals surface area contributed by atoms with Crippen LogP contribution in [0.2, 0.25) is 0 Å². The van der Waals surface area contributed by atoms with Gasteiger partial charge in [-0.2, -0.15) is 0 Å². The maximum absolute atomic E-state index is 12.3. The summed E-state index contributed by atoms with van der Waals surface area (Å²) in [4.78, 5) is 0.477. The summed E-state index contributed by atoms with van der Waals surface area (Å²) in [7, 11) is -3.17. The van der Waals surface area contributed by atoms with Crippen LogP contribution in [0.4, 0.5) is 0 Å². The second-order valence-electron chi connectivity index (χ2n) is 5.38. The molecule has 19 heavy (non-hydrogen) atoms. The van der Waals surface area contributed by atoms with Gasteiger partial charge in [0.25, 0.3) is 0 Å². The van der Waals surface area contributed by atoms with Crippen molar-refractivity contribution in [1.29, 1.82) is 0 Å². The lowest BCUT2D eigenvalue weighted by atomic mass is 10.2. The zero-order valence-electron chi connectivity index (χ0n) is 11.8. The summed E-state index contributed by atoms with van der Waals surface area (Å²) >= 11 is 0. The molecule has 0 saturated carbocycles. The van der Waals surface area contributed by atoms with Crippen molar-refractivity contribution in [2.45, 2.75) is 38.6 Å². The molecule has 3 nitrogen and oxygen atoms in total. The first kappa shape index (κ1) is 14.1. The molecule has 0 atom stereocenters. The summed E-state index contributed by atoms with van der Waals surface area (Å²) in [6.07, 6.45) is 2.45. The quantitative estimate of drug-likeness (QED) is 0.840. The van der Waals surface area contributed by atoms with Crippen LogP contribution < -0.4 is 0 Å². The molecule has 2 rings (SSSR count). The summed E-state index contributed by atoms with van der Waals surface area (Å²) in [6.45, 7) is 7.00. The van der Waals surface area contributed by atoms with Gasteiger partial charge in [0.1, 0.15) is 0 Å². The van der Waals surface area contributed by atoms with E-state index >= 15 is 0 Å². The lowest BCUT2D eigenvalue weighted by molar-refractivity contribution is 0.533. The van der Waals surface area contributed by atoms with Crippen LogP contribution in [0, 0.1) is 5.92 Å². The van der Waals surface area contributed by atoms with Gasteiger partial charge in [0.2, 0.25) is 0 Å². The molecular formula is C15H21NO2S. The maximum atomic E-state index is 12.3. The summed E-state index contributed by atoms with van der Waals surface area (Å²) in [5.41, 5.74) is 1.01. The molecule has 0 fully saturated rings. The van der Waals surface area contributed by atoms with Gasteiger partial charge in [0.15, 0.2) is 9.84 Å². The van der Waals surface area contributed by atoms with Crippen molar-refractivity contribution >= 4 is 20.7 Å². The first-order chi connectivity index (χ1) is 8.95. The number of aromatic nitrogens is 1. The third kappa shape index (κ3) is 2.84. The molecule has 0 aliphatic rings. The Labute approximate surface area is 115 Å². The summed E-state index contributed by atoms with van der Waals surface area (Å²) in [6, 6.07) is 7.74. The van der Waals surface area contributed by atoms with Crippen LogP contribution in [0.5, 0.6) is 0 Å². The Morgan fingerprint density at radius 3 is 2.53 bits per heavy atom. The van der Waals surface area contributed by atoms with Crippen LogP contribution in [0.3, 0.4) is 0 Å². The van der Waals surface area contributed by atoms with Gasteiger partial charge in [0, 0.05) is 23.6 Å². The molecule has 0 saturated heterocycles. The predicted octanol–water partition coefficient (Wildman–Crippen LogP) is 3.48. The smallest absolute Gasteiger partial charge is 0.180 e. The van der Waals surface area contributed by atoms with Gasteiger partial charge in [-0.1, -0.05) is 39.0 Å². The fourth-order valence-corrected chi connectivity index (χ4v) is 3.94. The average molecular weight is 279 g/mol. The number of fused-ring (bicyclic) bond motifs is 1. The van der Waals surface area contributed by atoms with Crippen molar-refractivity contribution in [1.82, 2.24) is 4.57 Å². The second-order valence-corrected chi connectivity index (χ2v) is 7.45. The third-order valence-electron chi connectivity index (χ3n) is 3.12. The van der Waals surface area contributed by atoms with Gasteiger partial charge in [0.05, 0.1) is 10.6 Å². The van der Waals surface area contributed by atoms with Crippen molar-refractivity contribution in [3.63, 3.8) is 0 Å². The van der Waals surface area contributed by atoms with Gasteiger partial charge in [-0.3, -0.25) is 0 Å². The minimum Gasteiger partial charge on any atom is -0.346 e. The summed E-state index contributed by atoms with van der Waals surface area (Å²) in [5, 5.41) is 0.844. The lowest BCUT2D eigenvalue weighted by Gasteiger charge is -2.07. The lowest BCUT2D eigenvalue weighted by Crippen LogP contribution is -2.06. The number of sulfone groups is 1. The SMILES string of the molecule is CCCS(=O)(=O)c1cn(CC(C)C)c2ccccc12. The van der Waals surface area contributed by atoms with Crippen LogP contribution in [0.1, 0.15) is 27.2 Å². The largest absolute Gasteiger partial charge is 0.346 e. The Bertz CT molecular complexity index is 669. The molecule has 0 unspecified atom stereocenters. The van der Waals surface area contributed by atoms with E-state index in [-0.39, 0.29) is 5.75 Å². The Hall–Kier alpha value is -1.29. The minimum absolute atomic E-state index is 0.211. The van der Waals surface area contributed by atoms with Gasteiger partial charge in [-0.05, 0) is 18.4 Å². The van der Waals surface area contributed by atoms with Crippen LogP contribution in [0.15, 0.2) is 35.4 Å². The average Bonchev–Trinajstić information content (AvgIpc) is 2.69. The molecule has 0 bridgehead atoms. The topological polar surface area (TPSA) is 39.1 Å². The van der Waals surface area contributed by atoms with E-state index in [0.29, 0.717) is 17.2 Å². The molecule has 2 aromatic rings. The van der Waals surface area contributed by atoms with Crippen molar-refractivity contribution < 1.29 is 8.42 Å². The Morgan fingerprint density at radius 1 is 1.21 bits per heavy atom. The molecule has 1 heterocycles. The number of para-hydroxylation sites is 1. The second kappa shape index (κ2) is 5.37. The molecule has 0 aliphatic heterocycles. The molecule has 4 heteroatoms. The van der Waals surface area contributed by atoms with Gasteiger partial charge >= 0.3 is 0 Å². The molecule has 104 valence electrons. The summed E-state index contributed by atoms with van der Waals surface area (Å²) < 4.78 is 26.7. The first-order valence-electron chi connectivity index (χ1n) is 6.76. The molecule has 0 radical (unpaired) electrons. The Kier molecular flexibility index (Phi) is 3.99. The molecular weight excluding hydrogens is 258 g/mol. The van der Waals surface area contributed by atoms with Gasteiger partial charge in [-0.15, -0.1) is 0 Å². The molecule has 0 N–H and O–H groups in total. The maximum Gasteiger partial charge on any atom is 0.180 e. The van der Waals surface area contributed by atoms with Crippen LogP contribution >= 0.6 is 0 Å². The highest BCUT2D eigenvalue weighted by Crippen LogP contribution is 2.27. The van der Waals surface area contributed by atoms with E-state index in [2.05, 4.69) is 18.4 Å². The van der Waals surface area contributed by atoms with Gasteiger partial charge in [-0.25, -0.2) is 8.42 Å². The molecule has 0 amide bonds. The highest BCUT2D eigenvalue weighted by atomic mass is 32.2. The normalized spacial score (nSPS) is 12.4. The van der Waals surface area contributed by atoms with Crippen molar-refractivity contribution in [2.24, 2.45) is 5.92 Å². The van der Waals surface area contributed by atoms with Crippen LogP contribution in [-0.2, 0) is 16.4 Å². The van der Waals surface area contributed by atoms with E-state index in [0.717, 1.165) is 17.4 Å². The molecule has 1 aromatic carbocycles. The monoisotopic (exact) mass is 279 g/mol. The van der Waals surface area contributed by atoms with Gasteiger partial charge < -0.3 is 4.57 Å². The van der Waals surface area contributed by atoms with Crippen molar-refractivity contribution in [3.8, 4) is 0 Å². The predicted molar refractivity (Wildman–Crippen MR) is 79.1 cm³/mol. The number of hydrogen-bond acceptors (Lipinski definition) is 2.